The average Bonchev–Trinajstić information content (AvgIpc) is 2.66. The summed E-state index contributed by atoms with van der Waals surface area (Å²) in [5.41, 5.74) is 1.31. The molecule has 0 amide bonds. The van der Waals surface area contributed by atoms with E-state index in [1.807, 2.05) is 12.2 Å². The molecule has 0 fully saturated rings. The molecular formula is C20H26N2NiO4. The first-order valence-corrected chi connectivity index (χ1v) is 8.56. The Bertz CT molecular complexity index is 590. The van der Waals surface area contributed by atoms with Crippen molar-refractivity contribution in [2.75, 3.05) is 26.3 Å². The molecule has 0 spiro atoms. The number of ketones is 2. The zero-order valence-corrected chi connectivity index (χ0v) is 16.0. The molecule has 0 atom stereocenters. The summed E-state index contributed by atoms with van der Waals surface area (Å²) >= 11 is 0. The van der Waals surface area contributed by atoms with Crippen LogP contribution in [0.25, 0.3) is 0 Å². The summed E-state index contributed by atoms with van der Waals surface area (Å²) in [6.07, 6.45) is 18.4. The van der Waals surface area contributed by atoms with Crippen LogP contribution in [-0.4, -0.2) is 48.1 Å². The van der Waals surface area contributed by atoms with E-state index < -0.39 is 0 Å². The molecule has 2 rings (SSSR count). The van der Waals surface area contributed by atoms with E-state index in [-0.39, 0.29) is 41.3 Å². The third-order valence-electron chi connectivity index (χ3n) is 3.31. The number of aliphatic hydroxyl groups excluding tert-OH is 2. The second kappa shape index (κ2) is 16.0. The van der Waals surface area contributed by atoms with Crippen molar-refractivity contribution >= 4 is 11.6 Å². The molecular weight excluding hydrogens is 391 g/mol. The molecule has 0 saturated carbocycles. The van der Waals surface area contributed by atoms with Gasteiger partial charge in [-0.05, 0) is 37.1 Å². The zero-order valence-electron chi connectivity index (χ0n) is 15.0. The van der Waals surface area contributed by atoms with E-state index in [1.165, 1.54) is 12.2 Å². The number of rotatable bonds is 8. The molecule has 27 heavy (non-hydrogen) atoms. The number of hydrogen-bond acceptors (Lipinski definition) is 6. The fourth-order valence-electron chi connectivity index (χ4n) is 1.93. The largest absolute Gasteiger partial charge is 0.396 e. The van der Waals surface area contributed by atoms with Gasteiger partial charge in [-0.1, -0.05) is 24.3 Å². The topological polar surface area (TPSA) is 98.7 Å². The first kappa shape index (κ1) is 24.8. The van der Waals surface area contributed by atoms with Crippen molar-refractivity contribution in [2.24, 2.45) is 0 Å². The molecule has 4 N–H and O–H groups in total. The van der Waals surface area contributed by atoms with Gasteiger partial charge in [0.1, 0.15) is 0 Å². The standard InChI is InChI=1S/2C10H13NO2.Ni/c2*12-7-3-6-11-8-9-4-1-2-5-10(9)13;/h2*1-2,4-5,8,11-12H,3,6-7H2;/b2*9-8-;. The van der Waals surface area contributed by atoms with E-state index in [9.17, 15) is 9.59 Å². The minimum absolute atomic E-state index is 0. The third-order valence-corrected chi connectivity index (χ3v) is 3.31. The van der Waals surface area contributed by atoms with E-state index in [0.717, 1.165) is 0 Å². The first-order chi connectivity index (χ1) is 12.7. The smallest absolute Gasteiger partial charge is 0.187 e. The Hall–Kier alpha value is -2.21. The van der Waals surface area contributed by atoms with Gasteiger partial charge < -0.3 is 20.8 Å². The summed E-state index contributed by atoms with van der Waals surface area (Å²) in [4.78, 5) is 22.3. The van der Waals surface area contributed by atoms with Crippen molar-refractivity contribution in [1.82, 2.24) is 10.6 Å². The van der Waals surface area contributed by atoms with E-state index >= 15 is 0 Å². The van der Waals surface area contributed by atoms with E-state index in [2.05, 4.69) is 10.6 Å². The van der Waals surface area contributed by atoms with Crippen molar-refractivity contribution in [3.05, 3.63) is 72.2 Å². The number of carbonyl (C=O) groups excluding carboxylic acids is 2. The molecule has 2 aliphatic rings. The molecule has 0 aromatic heterocycles. The summed E-state index contributed by atoms with van der Waals surface area (Å²) in [5, 5.41) is 22.9. The Balaban J connectivity index is 0.000000483. The van der Waals surface area contributed by atoms with Crippen LogP contribution < -0.4 is 10.6 Å². The number of aliphatic hydroxyl groups is 2. The molecule has 0 bridgehead atoms. The van der Waals surface area contributed by atoms with Gasteiger partial charge in [0.25, 0.3) is 0 Å². The van der Waals surface area contributed by atoms with Crippen LogP contribution in [-0.2, 0) is 26.1 Å². The average molecular weight is 417 g/mol. The van der Waals surface area contributed by atoms with Gasteiger partial charge in [0, 0.05) is 66.3 Å². The van der Waals surface area contributed by atoms with Crippen LogP contribution in [0.15, 0.2) is 72.2 Å². The number of carbonyl (C=O) groups is 2. The fraction of sp³-hybridized carbons (Fsp3) is 0.300. The summed E-state index contributed by atoms with van der Waals surface area (Å²) in [6.45, 7) is 1.70. The van der Waals surface area contributed by atoms with Gasteiger partial charge in [0.2, 0.25) is 0 Å². The predicted molar refractivity (Wildman–Crippen MR) is 102 cm³/mol. The van der Waals surface area contributed by atoms with Crippen LogP contribution in [0.1, 0.15) is 12.8 Å². The van der Waals surface area contributed by atoms with Crippen LogP contribution in [0.4, 0.5) is 0 Å². The molecule has 7 heteroatoms. The maximum atomic E-state index is 11.2. The maximum absolute atomic E-state index is 11.2. The molecule has 0 unspecified atom stereocenters. The Labute approximate surface area is 170 Å². The van der Waals surface area contributed by atoms with E-state index in [4.69, 9.17) is 10.2 Å². The number of allylic oxidation sites excluding steroid dienone is 10. The molecule has 0 aromatic carbocycles. The SMILES string of the molecule is O=C1C=CC=C/C1=C/NCCCO.O=C1C=CC=C/C1=C/NCCCO.[Ni]. The molecule has 2 aliphatic carbocycles. The fourth-order valence-corrected chi connectivity index (χ4v) is 1.93. The Morgan fingerprint density at radius 2 is 1.07 bits per heavy atom. The molecule has 0 aliphatic heterocycles. The molecule has 0 radical (unpaired) electrons. The van der Waals surface area contributed by atoms with Gasteiger partial charge in [0.15, 0.2) is 11.6 Å². The Morgan fingerprint density at radius 3 is 1.41 bits per heavy atom. The van der Waals surface area contributed by atoms with Gasteiger partial charge >= 0.3 is 0 Å². The summed E-state index contributed by atoms with van der Waals surface area (Å²) in [6, 6.07) is 0. The van der Waals surface area contributed by atoms with Crippen molar-refractivity contribution in [1.29, 1.82) is 0 Å². The number of nitrogens with one attached hydrogen (secondary N) is 2. The van der Waals surface area contributed by atoms with Crippen molar-refractivity contribution < 1.29 is 36.3 Å². The quantitative estimate of drug-likeness (QED) is 0.268. The molecule has 0 aromatic rings. The zero-order chi connectivity index (χ0) is 19.0. The van der Waals surface area contributed by atoms with Crippen molar-refractivity contribution in [3.63, 3.8) is 0 Å². The summed E-state index contributed by atoms with van der Waals surface area (Å²) in [7, 11) is 0. The molecule has 6 nitrogen and oxygen atoms in total. The van der Waals surface area contributed by atoms with Crippen LogP contribution in [0, 0.1) is 0 Å². The normalized spacial score (nSPS) is 17.6. The second-order valence-electron chi connectivity index (χ2n) is 5.43. The van der Waals surface area contributed by atoms with Crippen LogP contribution in [0.3, 0.4) is 0 Å². The van der Waals surface area contributed by atoms with E-state index in [0.29, 0.717) is 37.1 Å². The molecule has 0 heterocycles. The van der Waals surface area contributed by atoms with Crippen LogP contribution in [0.2, 0.25) is 0 Å². The summed E-state index contributed by atoms with van der Waals surface area (Å²) < 4.78 is 0. The monoisotopic (exact) mass is 416 g/mol. The minimum atomic E-state index is 0. The summed E-state index contributed by atoms with van der Waals surface area (Å²) in [5.74, 6) is 0.0259. The maximum Gasteiger partial charge on any atom is 0.187 e. The first-order valence-electron chi connectivity index (χ1n) is 8.56. The van der Waals surface area contributed by atoms with Crippen molar-refractivity contribution in [2.45, 2.75) is 12.8 Å². The van der Waals surface area contributed by atoms with Gasteiger partial charge in [-0.15, -0.1) is 0 Å². The Kier molecular flexibility index (Phi) is 14.7. The van der Waals surface area contributed by atoms with E-state index in [1.54, 1.807) is 36.7 Å². The predicted octanol–water partition coefficient (Wildman–Crippen LogP) is 1.07. The number of hydrogen-bond donors (Lipinski definition) is 4. The van der Waals surface area contributed by atoms with Crippen LogP contribution >= 0.6 is 0 Å². The van der Waals surface area contributed by atoms with Gasteiger partial charge in [-0.25, -0.2) is 0 Å². The van der Waals surface area contributed by atoms with Gasteiger partial charge in [-0.3, -0.25) is 9.59 Å². The molecule has 0 saturated heterocycles. The molecule has 150 valence electrons. The van der Waals surface area contributed by atoms with Gasteiger partial charge in [0.05, 0.1) is 0 Å². The minimum Gasteiger partial charge on any atom is -0.396 e. The second-order valence-corrected chi connectivity index (χ2v) is 5.43. The van der Waals surface area contributed by atoms with Gasteiger partial charge in [-0.2, -0.15) is 0 Å². The van der Waals surface area contributed by atoms with Crippen LogP contribution in [0.5, 0.6) is 0 Å². The Morgan fingerprint density at radius 1 is 0.704 bits per heavy atom. The van der Waals surface area contributed by atoms with Crippen molar-refractivity contribution in [3.8, 4) is 0 Å². The third kappa shape index (κ3) is 11.2.